The van der Waals surface area contributed by atoms with Crippen LogP contribution in [0.2, 0.25) is 0 Å². The highest BCUT2D eigenvalue weighted by Gasteiger charge is 2.33. The first-order valence-electron chi connectivity index (χ1n) is 7.32. The largest absolute Gasteiger partial charge is 0.382 e. The Morgan fingerprint density at radius 2 is 2.21 bits per heavy atom. The Morgan fingerprint density at radius 3 is 2.89 bits per heavy atom. The number of hydrogen-bond acceptors (Lipinski definition) is 3. The standard InChI is InChI=1S/C14H26N2O3/c1-3-5-8-16-11-12(10-13(16)17)14(18)15-7-6-9-19-4-2/h12H,3-11H2,1-2H3,(H,15,18). The fourth-order valence-electron chi connectivity index (χ4n) is 2.19. The molecule has 0 aromatic heterocycles. The van der Waals surface area contributed by atoms with E-state index in [0.717, 1.165) is 25.8 Å². The first-order valence-corrected chi connectivity index (χ1v) is 7.32. The fourth-order valence-corrected chi connectivity index (χ4v) is 2.19. The van der Waals surface area contributed by atoms with Crippen molar-refractivity contribution in [3.05, 3.63) is 0 Å². The molecule has 1 rings (SSSR count). The second kappa shape index (κ2) is 8.91. The number of nitrogens with zero attached hydrogens (tertiary/aromatic N) is 1. The van der Waals surface area contributed by atoms with Crippen molar-refractivity contribution < 1.29 is 14.3 Å². The first kappa shape index (κ1) is 16.0. The summed E-state index contributed by atoms with van der Waals surface area (Å²) in [7, 11) is 0. The van der Waals surface area contributed by atoms with Gasteiger partial charge in [-0.15, -0.1) is 0 Å². The molecule has 0 aromatic rings. The van der Waals surface area contributed by atoms with Gasteiger partial charge in [-0.25, -0.2) is 0 Å². The van der Waals surface area contributed by atoms with Crippen LogP contribution in [-0.4, -0.2) is 49.6 Å². The monoisotopic (exact) mass is 270 g/mol. The van der Waals surface area contributed by atoms with E-state index in [9.17, 15) is 9.59 Å². The van der Waals surface area contributed by atoms with Gasteiger partial charge in [0.2, 0.25) is 11.8 Å². The summed E-state index contributed by atoms with van der Waals surface area (Å²) in [5.74, 6) is -0.0526. The summed E-state index contributed by atoms with van der Waals surface area (Å²) in [6, 6.07) is 0. The maximum Gasteiger partial charge on any atom is 0.225 e. The third-order valence-corrected chi connectivity index (χ3v) is 3.34. The maximum absolute atomic E-state index is 11.9. The predicted octanol–water partition coefficient (Wildman–Crippen LogP) is 1.18. The van der Waals surface area contributed by atoms with Gasteiger partial charge in [-0.3, -0.25) is 9.59 Å². The number of nitrogens with one attached hydrogen (secondary N) is 1. The van der Waals surface area contributed by atoms with Gasteiger partial charge in [-0.1, -0.05) is 13.3 Å². The highest BCUT2D eigenvalue weighted by molar-refractivity contribution is 5.89. The van der Waals surface area contributed by atoms with Crippen LogP contribution >= 0.6 is 0 Å². The minimum atomic E-state index is -0.170. The molecule has 1 saturated heterocycles. The number of rotatable bonds is 9. The van der Waals surface area contributed by atoms with Crippen molar-refractivity contribution in [3.63, 3.8) is 0 Å². The summed E-state index contributed by atoms with van der Waals surface area (Å²) >= 11 is 0. The fraction of sp³-hybridized carbons (Fsp3) is 0.857. The Labute approximate surface area is 115 Å². The summed E-state index contributed by atoms with van der Waals surface area (Å²) in [6.07, 6.45) is 3.26. The third kappa shape index (κ3) is 5.59. The van der Waals surface area contributed by atoms with Gasteiger partial charge in [0.15, 0.2) is 0 Å². The van der Waals surface area contributed by atoms with Gasteiger partial charge >= 0.3 is 0 Å². The number of ether oxygens (including phenoxy) is 1. The lowest BCUT2D eigenvalue weighted by atomic mass is 10.1. The van der Waals surface area contributed by atoms with E-state index >= 15 is 0 Å². The predicted molar refractivity (Wildman–Crippen MR) is 73.7 cm³/mol. The van der Waals surface area contributed by atoms with E-state index in [0.29, 0.717) is 32.7 Å². The lowest BCUT2D eigenvalue weighted by Crippen LogP contribution is -2.34. The molecule has 110 valence electrons. The van der Waals surface area contributed by atoms with E-state index in [1.165, 1.54) is 0 Å². The van der Waals surface area contributed by atoms with E-state index < -0.39 is 0 Å². The Balaban J connectivity index is 2.21. The number of unbranched alkanes of at least 4 members (excludes halogenated alkanes) is 1. The molecular formula is C14H26N2O3. The summed E-state index contributed by atoms with van der Waals surface area (Å²) in [4.78, 5) is 25.5. The molecule has 1 fully saturated rings. The van der Waals surface area contributed by atoms with Crippen LogP contribution in [0.15, 0.2) is 0 Å². The van der Waals surface area contributed by atoms with Crippen LogP contribution in [0.25, 0.3) is 0 Å². The summed E-state index contributed by atoms with van der Waals surface area (Å²) in [5, 5.41) is 2.88. The molecule has 0 radical (unpaired) electrons. The minimum absolute atomic E-state index is 0.00356. The Hall–Kier alpha value is -1.10. The second-order valence-corrected chi connectivity index (χ2v) is 4.94. The quantitative estimate of drug-likeness (QED) is 0.640. The second-order valence-electron chi connectivity index (χ2n) is 4.94. The van der Waals surface area contributed by atoms with Gasteiger partial charge < -0.3 is 15.0 Å². The highest BCUT2D eigenvalue weighted by Crippen LogP contribution is 2.18. The van der Waals surface area contributed by atoms with Crippen LogP contribution in [-0.2, 0) is 14.3 Å². The van der Waals surface area contributed by atoms with Crippen LogP contribution in [0.3, 0.4) is 0 Å². The molecule has 1 atom stereocenters. The molecule has 1 aliphatic heterocycles. The van der Waals surface area contributed by atoms with Crippen LogP contribution in [0.4, 0.5) is 0 Å². The molecule has 5 nitrogen and oxygen atoms in total. The molecule has 0 aromatic carbocycles. The van der Waals surface area contributed by atoms with E-state index in [4.69, 9.17) is 4.74 Å². The Bertz CT molecular complexity index is 294. The summed E-state index contributed by atoms with van der Waals surface area (Å²) in [6.45, 7) is 7.41. The normalized spacial score (nSPS) is 18.9. The van der Waals surface area contributed by atoms with Gasteiger partial charge in [-0.2, -0.15) is 0 Å². The first-order chi connectivity index (χ1) is 9.19. The lowest BCUT2D eigenvalue weighted by molar-refractivity contribution is -0.129. The van der Waals surface area contributed by atoms with Gasteiger partial charge in [0.1, 0.15) is 0 Å². The lowest BCUT2D eigenvalue weighted by Gasteiger charge is -2.15. The van der Waals surface area contributed by atoms with Gasteiger partial charge in [0.25, 0.3) is 0 Å². The molecule has 1 aliphatic rings. The zero-order chi connectivity index (χ0) is 14.1. The van der Waals surface area contributed by atoms with Crippen molar-refractivity contribution in [1.82, 2.24) is 10.2 Å². The molecule has 5 heteroatoms. The molecule has 1 heterocycles. The molecular weight excluding hydrogens is 244 g/mol. The number of amides is 2. The third-order valence-electron chi connectivity index (χ3n) is 3.34. The molecule has 2 amide bonds. The average Bonchev–Trinajstić information content (AvgIpc) is 2.77. The number of carbonyl (C=O) groups excluding carboxylic acids is 2. The molecule has 0 saturated carbocycles. The molecule has 0 bridgehead atoms. The van der Waals surface area contributed by atoms with Crippen molar-refractivity contribution in [2.45, 2.75) is 39.5 Å². The molecule has 1 N–H and O–H groups in total. The number of carbonyl (C=O) groups is 2. The molecule has 1 unspecified atom stereocenters. The van der Waals surface area contributed by atoms with E-state index in [1.807, 2.05) is 11.8 Å². The van der Waals surface area contributed by atoms with Gasteiger partial charge in [0.05, 0.1) is 5.92 Å². The van der Waals surface area contributed by atoms with Crippen LogP contribution in [0, 0.1) is 5.92 Å². The smallest absolute Gasteiger partial charge is 0.225 e. The van der Waals surface area contributed by atoms with Crippen molar-refractivity contribution in [1.29, 1.82) is 0 Å². The molecule has 0 spiro atoms. The summed E-state index contributed by atoms with van der Waals surface area (Å²) in [5.41, 5.74) is 0. The Kier molecular flexibility index (Phi) is 7.48. The minimum Gasteiger partial charge on any atom is -0.382 e. The number of hydrogen-bond donors (Lipinski definition) is 1. The van der Waals surface area contributed by atoms with E-state index in [2.05, 4.69) is 12.2 Å². The number of likely N-dealkylation sites (tertiary alicyclic amines) is 1. The molecule has 0 aliphatic carbocycles. The SMILES string of the molecule is CCCCN1CC(C(=O)NCCCOCC)CC1=O. The van der Waals surface area contributed by atoms with E-state index in [-0.39, 0.29) is 17.7 Å². The van der Waals surface area contributed by atoms with Gasteiger partial charge in [0, 0.05) is 39.3 Å². The van der Waals surface area contributed by atoms with Crippen molar-refractivity contribution in [2.24, 2.45) is 5.92 Å². The van der Waals surface area contributed by atoms with Crippen LogP contribution < -0.4 is 5.32 Å². The molecule has 19 heavy (non-hydrogen) atoms. The average molecular weight is 270 g/mol. The topological polar surface area (TPSA) is 58.6 Å². The highest BCUT2D eigenvalue weighted by atomic mass is 16.5. The van der Waals surface area contributed by atoms with E-state index in [1.54, 1.807) is 0 Å². The van der Waals surface area contributed by atoms with Crippen LogP contribution in [0.1, 0.15) is 39.5 Å². The zero-order valence-electron chi connectivity index (χ0n) is 12.1. The van der Waals surface area contributed by atoms with Gasteiger partial charge in [-0.05, 0) is 19.8 Å². The van der Waals surface area contributed by atoms with Crippen LogP contribution in [0.5, 0.6) is 0 Å². The maximum atomic E-state index is 11.9. The zero-order valence-corrected chi connectivity index (χ0v) is 12.1. The van der Waals surface area contributed by atoms with Crippen molar-refractivity contribution in [2.75, 3.05) is 32.8 Å². The Morgan fingerprint density at radius 1 is 1.42 bits per heavy atom. The van der Waals surface area contributed by atoms with Crippen molar-refractivity contribution >= 4 is 11.8 Å². The summed E-state index contributed by atoms with van der Waals surface area (Å²) < 4.78 is 5.21. The van der Waals surface area contributed by atoms with Crippen molar-refractivity contribution in [3.8, 4) is 0 Å².